The van der Waals surface area contributed by atoms with Crippen LogP contribution in [0.15, 0.2) is 24.3 Å². The summed E-state index contributed by atoms with van der Waals surface area (Å²) in [5, 5.41) is 0. The van der Waals surface area contributed by atoms with Crippen LogP contribution in [-0.2, 0) is 4.74 Å². The maximum Gasteiger partial charge on any atom is 0.142 e. The molecule has 0 aliphatic heterocycles. The summed E-state index contributed by atoms with van der Waals surface area (Å²) in [6.07, 6.45) is 0.0115. The number of methoxy groups -OCH3 is 2. The van der Waals surface area contributed by atoms with Crippen molar-refractivity contribution in [3.8, 4) is 5.75 Å². The number of rotatable bonds is 6. The molecule has 0 saturated heterocycles. The first-order valence-corrected chi connectivity index (χ1v) is 6.11. The van der Waals surface area contributed by atoms with E-state index >= 15 is 0 Å². The number of nitrogens with zero attached hydrogens (tertiary/aromatic N) is 1. The maximum atomic E-state index is 5.95. The molecule has 0 amide bonds. The zero-order valence-electron chi connectivity index (χ0n) is 11.9. The summed E-state index contributed by atoms with van der Waals surface area (Å²) >= 11 is 0. The van der Waals surface area contributed by atoms with Gasteiger partial charge in [0, 0.05) is 20.7 Å². The van der Waals surface area contributed by atoms with Crippen molar-refractivity contribution in [2.45, 2.75) is 25.5 Å². The summed E-state index contributed by atoms with van der Waals surface area (Å²) < 4.78 is 10.9. The summed E-state index contributed by atoms with van der Waals surface area (Å²) in [6.45, 7) is 4.61. The lowest BCUT2D eigenvalue weighted by molar-refractivity contribution is 0.0578. The van der Waals surface area contributed by atoms with Crippen LogP contribution in [-0.4, -0.2) is 39.5 Å². The molecule has 0 bridgehead atoms. The van der Waals surface area contributed by atoms with Gasteiger partial charge in [-0.05, 0) is 26.0 Å². The van der Waals surface area contributed by atoms with E-state index in [1.165, 1.54) is 0 Å². The zero-order chi connectivity index (χ0) is 13.8. The normalized spacial score (nSPS) is 15.9. The smallest absolute Gasteiger partial charge is 0.142 e. The standard InChI is InChI=1S/C14H24N2O2/c1-11(17-4)14(2,10-15)16(3)12-8-6-7-9-13(12)18-5/h6-9,11H,10,15H2,1-5H3. The molecule has 4 heteroatoms. The van der Waals surface area contributed by atoms with Crippen LogP contribution < -0.4 is 15.4 Å². The average Bonchev–Trinajstić information content (AvgIpc) is 2.44. The van der Waals surface area contributed by atoms with Gasteiger partial charge in [0.25, 0.3) is 0 Å². The van der Waals surface area contributed by atoms with Gasteiger partial charge in [-0.2, -0.15) is 0 Å². The minimum atomic E-state index is -0.288. The van der Waals surface area contributed by atoms with E-state index in [2.05, 4.69) is 11.8 Å². The van der Waals surface area contributed by atoms with Gasteiger partial charge in [0.05, 0.1) is 24.4 Å². The fourth-order valence-corrected chi connectivity index (χ4v) is 2.01. The Labute approximate surface area is 110 Å². The van der Waals surface area contributed by atoms with Gasteiger partial charge in [-0.25, -0.2) is 0 Å². The van der Waals surface area contributed by atoms with E-state index in [0.717, 1.165) is 11.4 Å². The number of anilines is 1. The topological polar surface area (TPSA) is 47.7 Å². The highest BCUT2D eigenvalue weighted by atomic mass is 16.5. The Morgan fingerprint density at radius 1 is 1.33 bits per heavy atom. The SMILES string of the molecule is COc1ccccc1N(C)C(C)(CN)C(C)OC. The van der Waals surface area contributed by atoms with Crippen LogP contribution in [0.5, 0.6) is 5.75 Å². The summed E-state index contributed by atoms with van der Waals surface area (Å²) in [7, 11) is 5.39. The number of ether oxygens (including phenoxy) is 2. The van der Waals surface area contributed by atoms with Gasteiger partial charge < -0.3 is 20.1 Å². The molecule has 2 atom stereocenters. The number of benzene rings is 1. The highest BCUT2D eigenvalue weighted by Gasteiger charge is 2.35. The molecule has 0 aliphatic rings. The van der Waals surface area contributed by atoms with E-state index in [4.69, 9.17) is 15.2 Å². The largest absolute Gasteiger partial charge is 0.495 e. The van der Waals surface area contributed by atoms with Crippen LogP contribution in [0.1, 0.15) is 13.8 Å². The number of hydrogen-bond donors (Lipinski definition) is 1. The molecule has 4 nitrogen and oxygen atoms in total. The Bertz CT molecular complexity index is 384. The first kappa shape index (κ1) is 14.8. The van der Waals surface area contributed by atoms with Crippen molar-refractivity contribution in [3.05, 3.63) is 24.3 Å². The summed E-state index contributed by atoms with van der Waals surface area (Å²) in [4.78, 5) is 2.12. The summed E-state index contributed by atoms with van der Waals surface area (Å²) in [5.41, 5.74) is 6.67. The summed E-state index contributed by atoms with van der Waals surface area (Å²) in [6, 6.07) is 7.91. The Morgan fingerprint density at radius 3 is 2.44 bits per heavy atom. The van der Waals surface area contributed by atoms with E-state index in [9.17, 15) is 0 Å². The second-order valence-corrected chi connectivity index (χ2v) is 4.67. The molecule has 102 valence electrons. The highest BCUT2D eigenvalue weighted by Crippen LogP contribution is 2.33. The van der Waals surface area contributed by atoms with E-state index < -0.39 is 0 Å². The summed E-state index contributed by atoms with van der Waals surface area (Å²) in [5.74, 6) is 0.836. The molecule has 0 spiro atoms. The first-order chi connectivity index (χ1) is 8.51. The lowest BCUT2D eigenvalue weighted by Gasteiger charge is -2.43. The van der Waals surface area contributed by atoms with Gasteiger partial charge in [-0.1, -0.05) is 12.1 Å². The van der Waals surface area contributed by atoms with Gasteiger partial charge in [0.15, 0.2) is 0 Å². The molecular weight excluding hydrogens is 228 g/mol. The van der Waals surface area contributed by atoms with Crippen molar-refractivity contribution in [1.29, 1.82) is 0 Å². The van der Waals surface area contributed by atoms with Crippen molar-refractivity contribution in [2.75, 3.05) is 32.7 Å². The van der Waals surface area contributed by atoms with E-state index in [1.807, 2.05) is 38.2 Å². The molecule has 1 rings (SSSR count). The minimum Gasteiger partial charge on any atom is -0.495 e. The number of nitrogens with two attached hydrogens (primary N) is 1. The zero-order valence-corrected chi connectivity index (χ0v) is 11.9. The monoisotopic (exact) mass is 252 g/mol. The Balaban J connectivity index is 3.14. The van der Waals surface area contributed by atoms with Gasteiger partial charge in [0.2, 0.25) is 0 Å². The minimum absolute atomic E-state index is 0.0115. The lowest BCUT2D eigenvalue weighted by Crippen LogP contribution is -2.57. The molecular formula is C14H24N2O2. The highest BCUT2D eigenvalue weighted by molar-refractivity contribution is 5.59. The van der Waals surface area contributed by atoms with E-state index in [1.54, 1.807) is 14.2 Å². The fraction of sp³-hybridized carbons (Fsp3) is 0.571. The molecule has 0 heterocycles. The van der Waals surface area contributed by atoms with Crippen molar-refractivity contribution < 1.29 is 9.47 Å². The van der Waals surface area contributed by atoms with Gasteiger partial charge >= 0.3 is 0 Å². The number of hydrogen-bond acceptors (Lipinski definition) is 4. The van der Waals surface area contributed by atoms with Crippen molar-refractivity contribution in [2.24, 2.45) is 5.73 Å². The molecule has 2 N–H and O–H groups in total. The van der Waals surface area contributed by atoms with E-state index in [-0.39, 0.29) is 11.6 Å². The third-order valence-corrected chi connectivity index (χ3v) is 3.86. The first-order valence-electron chi connectivity index (χ1n) is 6.11. The molecule has 0 fully saturated rings. The molecule has 18 heavy (non-hydrogen) atoms. The third kappa shape index (κ3) is 2.60. The predicted octanol–water partition coefficient (Wildman–Crippen LogP) is 1.88. The predicted molar refractivity (Wildman–Crippen MR) is 75.3 cm³/mol. The quantitative estimate of drug-likeness (QED) is 0.840. The van der Waals surface area contributed by atoms with Crippen molar-refractivity contribution >= 4 is 5.69 Å². The van der Waals surface area contributed by atoms with Crippen molar-refractivity contribution in [1.82, 2.24) is 0 Å². The van der Waals surface area contributed by atoms with Gasteiger partial charge in [-0.3, -0.25) is 0 Å². The van der Waals surface area contributed by atoms with Crippen LogP contribution in [0.4, 0.5) is 5.69 Å². The third-order valence-electron chi connectivity index (χ3n) is 3.86. The number of likely N-dealkylation sites (N-methyl/N-ethyl adjacent to an activating group) is 1. The molecule has 0 aromatic heterocycles. The van der Waals surface area contributed by atoms with E-state index in [0.29, 0.717) is 6.54 Å². The Hall–Kier alpha value is -1.26. The Morgan fingerprint density at radius 2 is 1.94 bits per heavy atom. The fourth-order valence-electron chi connectivity index (χ4n) is 2.01. The van der Waals surface area contributed by atoms with Crippen LogP contribution in [0.3, 0.4) is 0 Å². The van der Waals surface area contributed by atoms with Crippen LogP contribution >= 0.6 is 0 Å². The molecule has 2 unspecified atom stereocenters. The van der Waals surface area contributed by atoms with Crippen LogP contribution in [0.2, 0.25) is 0 Å². The van der Waals surface area contributed by atoms with Gasteiger partial charge in [-0.15, -0.1) is 0 Å². The average molecular weight is 252 g/mol. The molecule has 0 radical (unpaired) electrons. The van der Waals surface area contributed by atoms with Gasteiger partial charge in [0.1, 0.15) is 5.75 Å². The molecule has 0 saturated carbocycles. The maximum absolute atomic E-state index is 5.95. The van der Waals surface area contributed by atoms with Crippen LogP contribution in [0.25, 0.3) is 0 Å². The second-order valence-electron chi connectivity index (χ2n) is 4.67. The molecule has 1 aromatic rings. The van der Waals surface area contributed by atoms with Crippen LogP contribution in [0, 0.1) is 0 Å². The van der Waals surface area contributed by atoms with Crippen molar-refractivity contribution in [3.63, 3.8) is 0 Å². The Kier molecular flexibility index (Phi) is 4.99. The number of para-hydroxylation sites is 2. The second kappa shape index (κ2) is 6.07. The molecule has 1 aromatic carbocycles. The lowest BCUT2D eigenvalue weighted by atomic mass is 9.93. The molecule has 0 aliphatic carbocycles.